The van der Waals surface area contributed by atoms with E-state index in [1.54, 1.807) is 23.8 Å². The number of allylic oxidation sites excluding steroid dienone is 1. The Labute approximate surface area is 159 Å². The molecule has 0 aliphatic carbocycles. The first-order valence-corrected chi connectivity index (χ1v) is 9.18. The van der Waals surface area contributed by atoms with Gasteiger partial charge in [0.05, 0.1) is 19.1 Å². The molecule has 1 atom stereocenters. The number of carbonyl (C=O) groups excluding carboxylic acids is 2. The van der Waals surface area contributed by atoms with E-state index in [9.17, 15) is 9.59 Å². The second-order valence-electron chi connectivity index (χ2n) is 6.79. The van der Waals surface area contributed by atoms with Crippen LogP contribution in [0.5, 0.6) is 0 Å². The summed E-state index contributed by atoms with van der Waals surface area (Å²) in [6, 6.07) is 9.82. The highest BCUT2D eigenvalue weighted by Crippen LogP contribution is 2.19. The van der Waals surface area contributed by atoms with Gasteiger partial charge in [-0.3, -0.25) is 9.59 Å². The van der Waals surface area contributed by atoms with Gasteiger partial charge in [-0.2, -0.15) is 0 Å². The van der Waals surface area contributed by atoms with Crippen LogP contribution in [-0.4, -0.2) is 68.2 Å². The standard InChI is InChI=1S/C20H26N2O5/c1-15-18(27-11-10-26-15)20(24)22-8-9-25-14-17(13-22)19(23)21(2)12-16-6-4-3-5-7-16/h3-7,17H,8-14H2,1-2H3. The van der Waals surface area contributed by atoms with Crippen molar-refractivity contribution < 1.29 is 23.8 Å². The van der Waals surface area contributed by atoms with Gasteiger partial charge in [0.15, 0.2) is 0 Å². The average molecular weight is 374 g/mol. The summed E-state index contributed by atoms with van der Waals surface area (Å²) >= 11 is 0. The van der Waals surface area contributed by atoms with E-state index in [0.29, 0.717) is 51.8 Å². The van der Waals surface area contributed by atoms with E-state index < -0.39 is 5.92 Å². The van der Waals surface area contributed by atoms with Gasteiger partial charge in [-0.25, -0.2) is 0 Å². The maximum atomic E-state index is 12.9. The van der Waals surface area contributed by atoms with Gasteiger partial charge in [0.2, 0.25) is 11.7 Å². The maximum absolute atomic E-state index is 12.9. The summed E-state index contributed by atoms with van der Waals surface area (Å²) in [7, 11) is 1.77. The zero-order chi connectivity index (χ0) is 19.2. The summed E-state index contributed by atoms with van der Waals surface area (Å²) in [6.45, 7) is 4.45. The Bertz CT molecular complexity index is 704. The van der Waals surface area contributed by atoms with Gasteiger partial charge >= 0.3 is 0 Å². The fourth-order valence-electron chi connectivity index (χ4n) is 3.25. The molecular weight excluding hydrogens is 348 g/mol. The molecule has 2 heterocycles. The summed E-state index contributed by atoms with van der Waals surface area (Å²) in [5.41, 5.74) is 1.06. The topological polar surface area (TPSA) is 68.3 Å². The molecule has 1 saturated heterocycles. The number of amides is 2. The summed E-state index contributed by atoms with van der Waals surface area (Å²) < 4.78 is 16.5. The van der Waals surface area contributed by atoms with Gasteiger partial charge < -0.3 is 24.0 Å². The van der Waals surface area contributed by atoms with Crippen molar-refractivity contribution in [1.29, 1.82) is 0 Å². The molecule has 1 aromatic carbocycles. The predicted molar refractivity (Wildman–Crippen MR) is 98.4 cm³/mol. The number of hydrogen-bond donors (Lipinski definition) is 0. The van der Waals surface area contributed by atoms with Gasteiger partial charge in [-0.1, -0.05) is 30.3 Å². The Morgan fingerprint density at radius 3 is 2.63 bits per heavy atom. The van der Waals surface area contributed by atoms with E-state index in [1.807, 2.05) is 30.3 Å². The second-order valence-corrected chi connectivity index (χ2v) is 6.79. The first-order valence-electron chi connectivity index (χ1n) is 9.18. The molecule has 2 amide bonds. The Hall–Kier alpha value is -2.54. The average Bonchev–Trinajstić information content (AvgIpc) is 2.94. The first-order chi connectivity index (χ1) is 13.1. The third kappa shape index (κ3) is 4.80. The largest absolute Gasteiger partial charge is 0.491 e. The summed E-state index contributed by atoms with van der Waals surface area (Å²) in [6.07, 6.45) is 0. The lowest BCUT2D eigenvalue weighted by atomic mass is 10.1. The normalized spacial score (nSPS) is 20.4. The molecule has 27 heavy (non-hydrogen) atoms. The smallest absolute Gasteiger partial charge is 0.292 e. The van der Waals surface area contributed by atoms with Gasteiger partial charge in [-0.05, 0) is 12.5 Å². The lowest BCUT2D eigenvalue weighted by Gasteiger charge is -2.28. The fraction of sp³-hybridized carbons (Fsp3) is 0.500. The van der Waals surface area contributed by atoms with Crippen LogP contribution < -0.4 is 0 Å². The summed E-state index contributed by atoms with van der Waals surface area (Å²) in [5, 5.41) is 0. The fourth-order valence-corrected chi connectivity index (χ4v) is 3.25. The first kappa shape index (κ1) is 19.2. The minimum Gasteiger partial charge on any atom is -0.491 e. The minimum absolute atomic E-state index is 0.0370. The third-order valence-electron chi connectivity index (χ3n) is 4.70. The van der Waals surface area contributed by atoms with Crippen LogP contribution in [0, 0.1) is 5.92 Å². The highest BCUT2D eigenvalue weighted by molar-refractivity contribution is 5.92. The Morgan fingerprint density at radius 1 is 1.15 bits per heavy atom. The number of hydrogen-bond acceptors (Lipinski definition) is 5. The third-order valence-corrected chi connectivity index (χ3v) is 4.70. The number of benzene rings is 1. The van der Waals surface area contributed by atoms with Crippen molar-refractivity contribution in [3.63, 3.8) is 0 Å². The van der Waals surface area contributed by atoms with E-state index in [1.165, 1.54) is 0 Å². The number of rotatable bonds is 4. The van der Waals surface area contributed by atoms with Crippen LogP contribution >= 0.6 is 0 Å². The number of carbonyl (C=O) groups is 2. The van der Waals surface area contributed by atoms with Crippen molar-refractivity contribution >= 4 is 11.8 Å². The number of ether oxygens (including phenoxy) is 3. The maximum Gasteiger partial charge on any atom is 0.292 e. The van der Waals surface area contributed by atoms with E-state index in [4.69, 9.17) is 14.2 Å². The van der Waals surface area contributed by atoms with Crippen molar-refractivity contribution in [1.82, 2.24) is 9.80 Å². The highest BCUT2D eigenvalue weighted by Gasteiger charge is 2.32. The van der Waals surface area contributed by atoms with Crippen LogP contribution in [0.3, 0.4) is 0 Å². The van der Waals surface area contributed by atoms with Crippen molar-refractivity contribution in [2.24, 2.45) is 5.92 Å². The molecule has 0 aromatic heterocycles. The van der Waals surface area contributed by atoms with E-state index in [0.717, 1.165) is 5.56 Å². The van der Waals surface area contributed by atoms with Gasteiger partial charge in [0.25, 0.3) is 5.91 Å². The van der Waals surface area contributed by atoms with Crippen LogP contribution in [0.4, 0.5) is 0 Å². The molecule has 0 bridgehead atoms. The molecule has 1 fully saturated rings. The molecule has 146 valence electrons. The molecule has 2 aliphatic rings. The molecule has 0 spiro atoms. The lowest BCUT2D eigenvalue weighted by molar-refractivity contribution is -0.138. The van der Waals surface area contributed by atoms with Crippen molar-refractivity contribution in [2.45, 2.75) is 13.5 Å². The minimum atomic E-state index is -0.407. The molecule has 7 nitrogen and oxygen atoms in total. The van der Waals surface area contributed by atoms with E-state index in [2.05, 4.69) is 0 Å². The zero-order valence-electron chi connectivity index (χ0n) is 15.8. The summed E-state index contributed by atoms with van der Waals surface area (Å²) in [5.74, 6) is 0.0225. The zero-order valence-corrected chi connectivity index (χ0v) is 15.8. The second kappa shape index (κ2) is 8.90. The molecule has 1 unspecified atom stereocenters. The molecule has 3 rings (SSSR count). The van der Waals surface area contributed by atoms with Gasteiger partial charge in [0, 0.05) is 26.7 Å². The lowest BCUT2D eigenvalue weighted by Crippen LogP contribution is -2.43. The van der Waals surface area contributed by atoms with Crippen molar-refractivity contribution in [2.75, 3.05) is 46.6 Å². The van der Waals surface area contributed by atoms with Crippen LogP contribution in [0.1, 0.15) is 12.5 Å². The van der Waals surface area contributed by atoms with Gasteiger partial charge in [0.1, 0.15) is 19.0 Å². The van der Waals surface area contributed by atoms with Crippen molar-refractivity contribution in [3.8, 4) is 0 Å². The molecular formula is C20H26N2O5. The molecule has 7 heteroatoms. The van der Waals surface area contributed by atoms with E-state index in [-0.39, 0.29) is 17.6 Å². The Kier molecular flexibility index (Phi) is 6.34. The molecule has 2 aliphatic heterocycles. The monoisotopic (exact) mass is 374 g/mol. The predicted octanol–water partition coefficient (Wildman–Crippen LogP) is 1.40. The van der Waals surface area contributed by atoms with Crippen LogP contribution in [0.25, 0.3) is 0 Å². The molecule has 1 aromatic rings. The van der Waals surface area contributed by atoms with Crippen LogP contribution in [0.2, 0.25) is 0 Å². The SMILES string of the molecule is CC1=C(C(=O)N2CCOCC(C(=O)N(C)Cc3ccccc3)C2)OCCO1. The van der Waals surface area contributed by atoms with E-state index >= 15 is 0 Å². The van der Waals surface area contributed by atoms with Crippen molar-refractivity contribution in [3.05, 3.63) is 47.4 Å². The quantitative estimate of drug-likeness (QED) is 0.797. The highest BCUT2D eigenvalue weighted by atomic mass is 16.6. The molecule has 0 saturated carbocycles. The Balaban J connectivity index is 1.66. The molecule has 0 N–H and O–H groups in total. The molecule has 0 radical (unpaired) electrons. The van der Waals surface area contributed by atoms with Crippen LogP contribution in [-0.2, 0) is 30.3 Å². The van der Waals surface area contributed by atoms with Crippen LogP contribution in [0.15, 0.2) is 41.9 Å². The van der Waals surface area contributed by atoms with Gasteiger partial charge in [-0.15, -0.1) is 0 Å². The summed E-state index contributed by atoms with van der Waals surface area (Å²) in [4.78, 5) is 29.0. The number of nitrogens with zero attached hydrogens (tertiary/aromatic N) is 2. The Morgan fingerprint density at radius 2 is 1.89 bits per heavy atom.